The molecule has 0 amide bonds. The summed E-state index contributed by atoms with van der Waals surface area (Å²) in [5.41, 5.74) is 0.957. The van der Waals surface area contributed by atoms with Crippen LogP contribution in [-0.4, -0.2) is 0 Å². The number of nitroso groups, excluding NO2 is 1. The molecule has 1 aromatic rings. The van der Waals surface area contributed by atoms with E-state index in [0.29, 0.717) is 4.61 Å². The monoisotopic (exact) mass is 211 g/mol. The van der Waals surface area contributed by atoms with E-state index in [1.165, 1.54) is 0 Å². The van der Waals surface area contributed by atoms with Crippen molar-refractivity contribution in [1.82, 2.24) is 0 Å². The molecule has 1 aromatic carbocycles. The molecule has 0 saturated carbocycles. The van der Waals surface area contributed by atoms with Crippen LogP contribution in [0.25, 0.3) is 6.08 Å². The van der Waals surface area contributed by atoms with E-state index in [4.69, 9.17) is 0 Å². The lowest BCUT2D eigenvalue weighted by molar-refractivity contribution is 1.52. The van der Waals surface area contributed by atoms with Gasteiger partial charge in [-0.25, -0.2) is 0 Å². The fourth-order valence-electron chi connectivity index (χ4n) is 0.713. The van der Waals surface area contributed by atoms with Crippen LogP contribution in [-0.2, 0) is 0 Å². The molecule has 0 atom stereocenters. The zero-order valence-electron chi connectivity index (χ0n) is 5.70. The summed E-state index contributed by atoms with van der Waals surface area (Å²) in [5, 5.41) is 2.71. The summed E-state index contributed by atoms with van der Waals surface area (Å²) in [5.74, 6) is 0. The maximum absolute atomic E-state index is 9.94. The third-order valence-corrected chi connectivity index (χ3v) is 1.55. The minimum atomic E-state index is 0.309. The van der Waals surface area contributed by atoms with Gasteiger partial charge in [0.15, 0.2) is 4.61 Å². The van der Waals surface area contributed by atoms with Crippen LogP contribution in [0.3, 0.4) is 0 Å². The number of nitrogens with zero attached hydrogens (tertiary/aromatic N) is 1. The molecule has 0 spiro atoms. The Morgan fingerprint density at radius 1 is 1.36 bits per heavy atom. The van der Waals surface area contributed by atoms with E-state index in [0.717, 1.165) is 5.56 Å². The van der Waals surface area contributed by atoms with Crippen LogP contribution in [0.4, 0.5) is 0 Å². The van der Waals surface area contributed by atoms with Crippen molar-refractivity contribution in [2.75, 3.05) is 0 Å². The average molecular weight is 212 g/mol. The van der Waals surface area contributed by atoms with Crippen molar-refractivity contribution >= 4 is 22.0 Å². The predicted octanol–water partition coefficient (Wildman–Crippen LogP) is 3.15. The van der Waals surface area contributed by atoms with Gasteiger partial charge < -0.3 is 0 Å². The fraction of sp³-hybridized carbons (Fsp3) is 0. The van der Waals surface area contributed by atoms with Crippen LogP contribution in [0.2, 0.25) is 0 Å². The quantitative estimate of drug-likeness (QED) is 0.546. The maximum Gasteiger partial charge on any atom is 0.151 e. The Hall–Kier alpha value is -0.960. The Balaban J connectivity index is 2.87. The zero-order valence-corrected chi connectivity index (χ0v) is 7.28. The van der Waals surface area contributed by atoms with E-state index in [2.05, 4.69) is 21.1 Å². The van der Waals surface area contributed by atoms with Gasteiger partial charge in [0.05, 0.1) is 0 Å². The van der Waals surface area contributed by atoms with Gasteiger partial charge in [0.2, 0.25) is 0 Å². The second-order valence-corrected chi connectivity index (χ2v) is 2.78. The van der Waals surface area contributed by atoms with Crippen molar-refractivity contribution < 1.29 is 0 Å². The minimum Gasteiger partial charge on any atom is -0.144 e. The largest absolute Gasteiger partial charge is 0.151 e. The molecule has 3 heteroatoms. The third kappa shape index (κ3) is 2.63. The highest BCUT2D eigenvalue weighted by molar-refractivity contribution is 9.11. The van der Waals surface area contributed by atoms with Crippen molar-refractivity contribution in [2.45, 2.75) is 0 Å². The first-order chi connectivity index (χ1) is 5.33. The van der Waals surface area contributed by atoms with Gasteiger partial charge in [0, 0.05) is 0 Å². The van der Waals surface area contributed by atoms with E-state index in [9.17, 15) is 4.91 Å². The molecule has 0 fully saturated rings. The minimum absolute atomic E-state index is 0.309. The molecule has 0 aliphatic rings. The highest BCUT2D eigenvalue weighted by Gasteiger charge is 1.88. The highest BCUT2D eigenvalue weighted by Crippen LogP contribution is 2.11. The summed E-state index contributed by atoms with van der Waals surface area (Å²) in [6.45, 7) is 0. The number of hydrogen-bond acceptors (Lipinski definition) is 2. The van der Waals surface area contributed by atoms with Gasteiger partial charge in [-0.3, -0.25) is 0 Å². The first-order valence-corrected chi connectivity index (χ1v) is 3.88. The van der Waals surface area contributed by atoms with Gasteiger partial charge in [0.1, 0.15) is 0 Å². The van der Waals surface area contributed by atoms with Gasteiger partial charge in [-0.05, 0) is 32.7 Å². The summed E-state index contributed by atoms with van der Waals surface area (Å²) in [6.07, 6.45) is 1.66. The van der Waals surface area contributed by atoms with Crippen LogP contribution in [0.1, 0.15) is 5.56 Å². The molecular formula is C8H6BrNO. The standard InChI is InChI=1S/C8H6BrNO/c9-8(10-11)6-7-4-2-1-3-5-7/h1-6H/b8-6-. The van der Waals surface area contributed by atoms with Crippen molar-refractivity contribution in [3.63, 3.8) is 0 Å². The Bertz CT molecular complexity index is 269. The van der Waals surface area contributed by atoms with E-state index in [1.807, 2.05) is 30.3 Å². The fourth-order valence-corrected chi connectivity index (χ4v) is 0.977. The second kappa shape index (κ2) is 4.03. The number of rotatable bonds is 2. The number of halogens is 1. The van der Waals surface area contributed by atoms with E-state index >= 15 is 0 Å². The Morgan fingerprint density at radius 2 is 2.00 bits per heavy atom. The normalized spacial score (nSPS) is 11.2. The van der Waals surface area contributed by atoms with Crippen molar-refractivity contribution in [3.05, 3.63) is 45.4 Å². The highest BCUT2D eigenvalue weighted by atomic mass is 79.9. The molecule has 0 unspecified atom stereocenters. The predicted molar refractivity (Wildman–Crippen MR) is 49.1 cm³/mol. The van der Waals surface area contributed by atoms with Crippen molar-refractivity contribution in [2.24, 2.45) is 5.18 Å². The van der Waals surface area contributed by atoms with E-state index in [-0.39, 0.29) is 0 Å². The number of hydrogen-bond donors (Lipinski definition) is 0. The van der Waals surface area contributed by atoms with Gasteiger partial charge in [-0.15, -0.1) is 4.91 Å². The van der Waals surface area contributed by atoms with Crippen LogP contribution in [0.5, 0.6) is 0 Å². The first-order valence-electron chi connectivity index (χ1n) is 3.08. The first kappa shape index (κ1) is 8.14. The van der Waals surface area contributed by atoms with E-state index < -0.39 is 0 Å². The molecule has 0 saturated heterocycles. The van der Waals surface area contributed by atoms with Crippen molar-refractivity contribution in [1.29, 1.82) is 0 Å². The van der Waals surface area contributed by atoms with Crippen LogP contribution < -0.4 is 0 Å². The molecule has 1 rings (SSSR count). The Labute approximate surface area is 73.0 Å². The lowest BCUT2D eigenvalue weighted by Gasteiger charge is -1.89. The Morgan fingerprint density at radius 3 is 2.55 bits per heavy atom. The molecule has 0 radical (unpaired) electrons. The van der Waals surface area contributed by atoms with Crippen molar-refractivity contribution in [3.8, 4) is 0 Å². The summed E-state index contributed by atoms with van der Waals surface area (Å²) in [7, 11) is 0. The van der Waals surface area contributed by atoms with Gasteiger partial charge in [0.25, 0.3) is 0 Å². The molecule has 0 aliphatic carbocycles. The summed E-state index contributed by atoms with van der Waals surface area (Å²) in [6, 6.07) is 9.51. The summed E-state index contributed by atoms with van der Waals surface area (Å²) < 4.78 is 0.309. The molecule has 0 aromatic heterocycles. The van der Waals surface area contributed by atoms with Crippen LogP contribution in [0, 0.1) is 4.91 Å². The Kier molecular flexibility index (Phi) is 2.98. The molecule has 0 heterocycles. The van der Waals surface area contributed by atoms with Gasteiger partial charge >= 0.3 is 0 Å². The van der Waals surface area contributed by atoms with Crippen LogP contribution >= 0.6 is 15.9 Å². The topological polar surface area (TPSA) is 29.4 Å². The molecule has 11 heavy (non-hydrogen) atoms. The zero-order chi connectivity index (χ0) is 8.10. The molecule has 2 nitrogen and oxygen atoms in total. The summed E-state index contributed by atoms with van der Waals surface area (Å²) >= 11 is 3.00. The molecule has 0 N–H and O–H groups in total. The molecular weight excluding hydrogens is 206 g/mol. The maximum atomic E-state index is 9.94. The molecule has 56 valence electrons. The lowest BCUT2D eigenvalue weighted by Crippen LogP contribution is -1.68. The second-order valence-electron chi connectivity index (χ2n) is 1.97. The molecule has 0 bridgehead atoms. The average Bonchev–Trinajstić information content (AvgIpc) is 2.06. The van der Waals surface area contributed by atoms with E-state index in [1.54, 1.807) is 6.08 Å². The van der Waals surface area contributed by atoms with Gasteiger partial charge in [-0.1, -0.05) is 30.3 Å². The van der Waals surface area contributed by atoms with Gasteiger partial charge in [-0.2, -0.15) is 0 Å². The molecule has 0 aliphatic heterocycles. The number of benzene rings is 1. The lowest BCUT2D eigenvalue weighted by atomic mass is 10.2. The smallest absolute Gasteiger partial charge is 0.144 e. The SMILES string of the molecule is O=N/C(Br)=C\c1ccccc1. The third-order valence-electron chi connectivity index (χ3n) is 1.17. The summed E-state index contributed by atoms with van der Waals surface area (Å²) in [4.78, 5) is 9.94. The van der Waals surface area contributed by atoms with Crippen LogP contribution in [0.15, 0.2) is 40.1 Å².